The summed E-state index contributed by atoms with van der Waals surface area (Å²) < 4.78 is 1.84. The fraction of sp³-hybridized carbons (Fsp3) is 0.600. The number of hydrogen-bond acceptors (Lipinski definition) is 0. The van der Waals surface area contributed by atoms with E-state index in [1.807, 2.05) is 8.53 Å². The van der Waals surface area contributed by atoms with Crippen molar-refractivity contribution in [1.29, 1.82) is 0 Å². The molecule has 0 nitrogen and oxygen atoms in total. The number of hydrogen-bond donors (Lipinski definition) is 0. The SMILES string of the molecule is CC[Si](C)(CC)C1=[C]([InH2])CC=C1. The van der Waals surface area contributed by atoms with Gasteiger partial charge in [0.05, 0.1) is 0 Å². The Morgan fingerprint density at radius 2 is 2.00 bits per heavy atom. The summed E-state index contributed by atoms with van der Waals surface area (Å²) in [5, 5.41) is 1.82. The monoisotopic (exact) mass is 282 g/mol. The van der Waals surface area contributed by atoms with Crippen LogP contribution in [0.2, 0.25) is 18.6 Å². The molecule has 0 spiro atoms. The Morgan fingerprint density at radius 1 is 1.42 bits per heavy atom. The molecule has 0 saturated heterocycles. The zero-order valence-electron chi connectivity index (χ0n) is 8.78. The molecule has 2 heteroatoms. The Kier molecular flexibility index (Phi) is 3.71. The van der Waals surface area contributed by atoms with Crippen molar-refractivity contribution in [2.24, 2.45) is 0 Å². The molecule has 0 heterocycles. The first kappa shape index (κ1) is 10.6. The van der Waals surface area contributed by atoms with Gasteiger partial charge in [-0.25, -0.2) is 0 Å². The third kappa shape index (κ3) is 1.90. The molecule has 0 radical (unpaired) electrons. The summed E-state index contributed by atoms with van der Waals surface area (Å²) in [6.45, 7) is 7.29. The van der Waals surface area contributed by atoms with Gasteiger partial charge in [0.1, 0.15) is 0 Å². The normalized spacial score (nSPS) is 17.6. The van der Waals surface area contributed by atoms with Gasteiger partial charge in [-0.05, 0) is 0 Å². The molecule has 0 atom stereocenters. The van der Waals surface area contributed by atoms with Crippen LogP contribution in [0.4, 0.5) is 0 Å². The zero-order chi connectivity index (χ0) is 9.19. The second-order valence-corrected chi connectivity index (χ2v) is 12.6. The van der Waals surface area contributed by atoms with E-state index in [1.54, 1.807) is 0 Å². The van der Waals surface area contributed by atoms with Crippen molar-refractivity contribution >= 4 is 32.4 Å². The van der Waals surface area contributed by atoms with E-state index in [0.717, 1.165) is 24.4 Å². The van der Waals surface area contributed by atoms with Gasteiger partial charge in [-0.15, -0.1) is 0 Å². The summed E-state index contributed by atoms with van der Waals surface area (Å²) in [6.07, 6.45) is 6.11. The Morgan fingerprint density at radius 3 is 2.33 bits per heavy atom. The molecule has 1 rings (SSSR count). The molecule has 12 heavy (non-hydrogen) atoms. The molecule has 0 aromatic carbocycles. The molecule has 0 aliphatic heterocycles. The second-order valence-electron chi connectivity index (χ2n) is 4.07. The van der Waals surface area contributed by atoms with E-state index in [2.05, 4.69) is 32.5 Å². The van der Waals surface area contributed by atoms with Gasteiger partial charge in [-0.1, -0.05) is 0 Å². The van der Waals surface area contributed by atoms with Crippen LogP contribution in [0.15, 0.2) is 20.7 Å². The minimum atomic E-state index is -0.982. The molecular formula is C10H19InSi. The molecule has 0 unspecified atom stereocenters. The zero-order valence-corrected chi connectivity index (χ0v) is 15.5. The third-order valence-electron chi connectivity index (χ3n) is 3.38. The molecule has 0 aromatic heterocycles. The van der Waals surface area contributed by atoms with Crippen LogP contribution in [-0.4, -0.2) is 32.4 Å². The molecule has 0 aromatic rings. The summed E-state index contributed by atoms with van der Waals surface area (Å²) in [5.41, 5.74) is 0. The first-order valence-electron chi connectivity index (χ1n) is 5.01. The van der Waals surface area contributed by atoms with Crippen LogP contribution >= 0.6 is 0 Å². The molecule has 66 valence electrons. The quantitative estimate of drug-likeness (QED) is 0.698. The standard InChI is InChI=1S/C10H17Si.In.2H/c1-4-11(3,5-2)10-8-6-7-9-10;;;/h6,8H,4-5,7H2,1-3H3;;;. The van der Waals surface area contributed by atoms with Gasteiger partial charge in [0.25, 0.3) is 0 Å². The molecule has 1 aliphatic carbocycles. The molecule has 0 amide bonds. The Labute approximate surface area is 91.7 Å². The molecular weight excluding hydrogens is 263 g/mol. The van der Waals surface area contributed by atoms with Crippen LogP contribution in [0, 0.1) is 0 Å². The van der Waals surface area contributed by atoms with Crippen molar-refractivity contribution in [3.8, 4) is 0 Å². The number of allylic oxidation sites excluding steroid dienone is 4. The maximum absolute atomic E-state index is 2.55. The van der Waals surface area contributed by atoms with Crippen molar-refractivity contribution in [1.82, 2.24) is 0 Å². The van der Waals surface area contributed by atoms with Crippen molar-refractivity contribution in [2.75, 3.05) is 0 Å². The van der Waals surface area contributed by atoms with Gasteiger partial charge in [0, 0.05) is 0 Å². The summed E-state index contributed by atoms with van der Waals surface area (Å²) >= 11 is 0.756. The fourth-order valence-electron chi connectivity index (χ4n) is 1.95. The van der Waals surface area contributed by atoms with Gasteiger partial charge in [0.2, 0.25) is 0 Å². The van der Waals surface area contributed by atoms with E-state index in [-0.39, 0.29) is 0 Å². The van der Waals surface area contributed by atoms with Crippen LogP contribution in [0.5, 0.6) is 0 Å². The predicted molar refractivity (Wildman–Crippen MR) is 61.9 cm³/mol. The Balaban J connectivity index is 2.93. The molecule has 0 bridgehead atoms. The van der Waals surface area contributed by atoms with Crippen molar-refractivity contribution in [2.45, 2.75) is 38.9 Å². The predicted octanol–water partition coefficient (Wildman–Crippen LogP) is 2.49. The van der Waals surface area contributed by atoms with Crippen LogP contribution in [0.25, 0.3) is 0 Å². The average Bonchev–Trinajstić information content (AvgIpc) is 2.51. The van der Waals surface area contributed by atoms with Crippen LogP contribution in [0.1, 0.15) is 20.3 Å². The van der Waals surface area contributed by atoms with Gasteiger partial charge < -0.3 is 0 Å². The van der Waals surface area contributed by atoms with Crippen LogP contribution in [-0.2, 0) is 0 Å². The molecule has 0 fully saturated rings. The molecule has 1 aliphatic rings. The van der Waals surface area contributed by atoms with E-state index in [0.29, 0.717) is 0 Å². The summed E-state index contributed by atoms with van der Waals surface area (Å²) in [7, 11) is -0.982. The van der Waals surface area contributed by atoms with Crippen LogP contribution in [0.3, 0.4) is 0 Å². The Bertz CT molecular complexity index is 224. The van der Waals surface area contributed by atoms with Gasteiger partial charge in [-0.2, -0.15) is 0 Å². The fourth-order valence-corrected chi connectivity index (χ4v) is 11.2. The topological polar surface area (TPSA) is 0 Å². The van der Waals surface area contributed by atoms with Crippen molar-refractivity contribution < 1.29 is 0 Å². The van der Waals surface area contributed by atoms with E-state index in [1.165, 1.54) is 18.5 Å². The van der Waals surface area contributed by atoms with E-state index < -0.39 is 8.07 Å². The molecule has 0 N–H and O–H groups in total. The van der Waals surface area contributed by atoms with Crippen LogP contribution < -0.4 is 0 Å². The summed E-state index contributed by atoms with van der Waals surface area (Å²) in [4.78, 5) is 0. The van der Waals surface area contributed by atoms with E-state index in [4.69, 9.17) is 0 Å². The molecule has 0 saturated carbocycles. The van der Waals surface area contributed by atoms with Crippen molar-refractivity contribution in [3.05, 3.63) is 20.7 Å². The third-order valence-corrected chi connectivity index (χ3v) is 12.5. The maximum atomic E-state index is 2.55. The van der Waals surface area contributed by atoms with E-state index in [9.17, 15) is 0 Å². The average molecular weight is 282 g/mol. The van der Waals surface area contributed by atoms with Gasteiger partial charge >= 0.3 is 92.0 Å². The van der Waals surface area contributed by atoms with Gasteiger partial charge in [-0.3, -0.25) is 0 Å². The Hall–Kier alpha value is 0.567. The van der Waals surface area contributed by atoms with E-state index >= 15 is 0 Å². The van der Waals surface area contributed by atoms with Crippen molar-refractivity contribution in [3.63, 3.8) is 0 Å². The summed E-state index contributed by atoms with van der Waals surface area (Å²) in [5.74, 6) is 0. The number of rotatable bonds is 3. The second kappa shape index (κ2) is 4.19. The minimum absolute atomic E-state index is 0.756. The first-order chi connectivity index (χ1) is 5.64. The summed E-state index contributed by atoms with van der Waals surface area (Å²) in [6, 6.07) is 2.85. The van der Waals surface area contributed by atoms with Gasteiger partial charge in [0.15, 0.2) is 0 Å². The first-order valence-corrected chi connectivity index (χ1v) is 10.8.